The zero-order chi connectivity index (χ0) is 5.41. The Bertz CT molecular complexity index is 79.4. The zero-order valence-corrected chi connectivity index (χ0v) is 6.20. The average molecular weight is 148 g/mol. The van der Waals surface area contributed by atoms with Crippen LogP contribution >= 0.6 is 0 Å². The van der Waals surface area contributed by atoms with Crippen molar-refractivity contribution >= 4 is 15.1 Å². The summed E-state index contributed by atoms with van der Waals surface area (Å²) >= 11 is 0. The molecule has 0 aromatic rings. The predicted molar refractivity (Wildman–Crippen MR) is 24.2 cm³/mol. The van der Waals surface area contributed by atoms with E-state index in [0.29, 0.717) is 0 Å². The largest absolute Gasteiger partial charge is 0.521 e. The first-order chi connectivity index (χ1) is 2.83. The van der Waals surface area contributed by atoms with Crippen LogP contribution < -0.4 is 0 Å². The zero-order valence-electron chi connectivity index (χ0n) is 3.64. The first-order valence-electron chi connectivity index (χ1n) is 1.07. The van der Waals surface area contributed by atoms with Gasteiger partial charge in [0.05, 0.1) is 0 Å². The molecule has 0 amide bonds. The molecule has 1 N–H and O–H groups in total. The van der Waals surface area contributed by atoms with E-state index in [-0.39, 0.29) is 21.7 Å². The summed E-state index contributed by atoms with van der Waals surface area (Å²) in [4.78, 5) is 15.9. The quantitative estimate of drug-likeness (QED) is 0.360. The van der Waals surface area contributed by atoms with Gasteiger partial charge < -0.3 is 4.80 Å². The minimum Gasteiger partial charge on any atom is -0.521 e. The first-order valence-corrected chi connectivity index (χ1v) is 2.09. The molecule has 0 heterocycles. The monoisotopic (exact) mass is 148 g/mol. The molecular formula is C3H4O2SiTi. The Labute approximate surface area is 59.3 Å². The summed E-state index contributed by atoms with van der Waals surface area (Å²) in [6.45, 7) is 2.68. The van der Waals surface area contributed by atoms with Crippen molar-refractivity contribution in [3.63, 3.8) is 0 Å². The summed E-state index contributed by atoms with van der Waals surface area (Å²) < 4.78 is 0. The summed E-state index contributed by atoms with van der Waals surface area (Å²) in [6.07, 6.45) is 0. The van der Waals surface area contributed by atoms with Crippen LogP contribution in [0.15, 0.2) is 6.58 Å². The van der Waals surface area contributed by atoms with E-state index in [2.05, 4.69) is 12.6 Å². The molecule has 0 aromatic carbocycles. The second-order valence-corrected chi connectivity index (χ2v) is 0.532. The van der Waals surface area contributed by atoms with Gasteiger partial charge in [-0.2, -0.15) is 0 Å². The maximum atomic E-state index is 8.57. The van der Waals surface area contributed by atoms with E-state index in [1.807, 2.05) is 0 Å². The van der Waals surface area contributed by atoms with Gasteiger partial charge in [0, 0.05) is 21.7 Å². The second kappa shape index (κ2) is 38.1. The molecule has 0 radical (unpaired) electrons. The van der Waals surface area contributed by atoms with Crippen LogP contribution in [0.3, 0.4) is 0 Å². The van der Waals surface area contributed by atoms with Crippen LogP contribution in [0, 0.1) is 6.00 Å². The molecule has 0 fully saturated rings. The summed E-state index contributed by atoms with van der Waals surface area (Å²) in [5, 5.41) is 0. The molecule has 0 saturated carbocycles. The minimum atomic E-state index is -0.417. The van der Waals surface area contributed by atoms with E-state index in [1.165, 1.54) is 5.94 Å². The minimum absolute atomic E-state index is 0. The number of hydrogen-bond acceptors (Lipinski definition) is 2. The van der Waals surface area contributed by atoms with Crippen LogP contribution in [0.4, 0.5) is 0 Å². The Morgan fingerprint density at radius 3 is 1.86 bits per heavy atom. The molecule has 0 spiro atoms. The van der Waals surface area contributed by atoms with Gasteiger partial charge in [-0.15, -0.1) is 6.00 Å². The van der Waals surface area contributed by atoms with Crippen molar-refractivity contribution < 1.29 is 31.3 Å². The Morgan fingerprint density at radius 1 is 1.86 bits per heavy atom. The van der Waals surface area contributed by atoms with Gasteiger partial charge in [0.25, 0.3) is 0 Å². The van der Waals surface area contributed by atoms with Gasteiger partial charge in [0.2, 0.25) is 9.20 Å². The summed E-state index contributed by atoms with van der Waals surface area (Å²) in [7, 11) is -0.417. The van der Waals surface area contributed by atoms with E-state index in [0.717, 1.165) is 0 Å². The van der Waals surface area contributed by atoms with Crippen molar-refractivity contribution in [2.45, 2.75) is 0 Å². The van der Waals surface area contributed by atoms with Crippen LogP contribution in [0.5, 0.6) is 0 Å². The van der Waals surface area contributed by atoms with Crippen molar-refractivity contribution in [3.8, 4) is 6.00 Å². The third-order valence-corrected chi connectivity index (χ3v) is 0. The normalized spacial score (nSPS) is 2.14. The smallest absolute Gasteiger partial charge is 0.237 e. The van der Waals surface area contributed by atoms with Crippen LogP contribution in [0.25, 0.3) is 0 Å². The van der Waals surface area contributed by atoms with Crippen LogP contribution in [-0.2, 0) is 26.5 Å². The molecule has 2 nitrogen and oxygen atoms in total. The van der Waals surface area contributed by atoms with Crippen molar-refractivity contribution in [1.29, 1.82) is 0 Å². The van der Waals surface area contributed by atoms with E-state index in [9.17, 15) is 0 Å². The molecular weight excluding hydrogens is 144 g/mol. The maximum Gasteiger partial charge on any atom is 0.237 e. The van der Waals surface area contributed by atoms with E-state index < -0.39 is 9.20 Å². The van der Waals surface area contributed by atoms with Crippen LogP contribution in [0.2, 0.25) is 0 Å². The molecule has 0 saturated heterocycles. The molecule has 0 aliphatic rings. The fourth-order valence-corrected chi connectivity index (χ4v) is 0. The Morgan fingerprint density at radius 2 is 1.86 bits per heavy atom. The maximum absolute atomic E-state index is 8.57. The Balaban J connectivity index is -0.0000000400. The van der Waals surface area contributed by atoms with Gasteiger partial charge in [0.15, 0.2) is 0 Å². The second-order valence-electron chi connectivity index (χ2n) is 0.273. The van der Waals surface area contributed by atoms with E-state index >= 15 is 0 Å². The molecule has 0 aliphatic carbocycles. The predicted octanol–water partition coefficient (Wildman–Crippen LogP) is -0.812. The third-order valence-electron chi connectivity index (χ3n) is 0. The van der Waals surface area contributed by atoms with Gasteiger partial charge >= 0.3 is 0 Å². The first kappa shape index (κ1) is 15.8. The fraction of sp³-hybridized carbons (Fsp3) is 0. The van der Waals surface area contributed by atoms with Gasteiger partial charge in [-0.3, -0.25) is 0 Å². The standard InChI is InChI=1S/C2H2O.CH2OSi.Ti/c1-2-3;1-3-2;/h1H2;1-2H;. The molecule has 0 rings (SSSR count). The van der Waals surface area contributed by atoms with Crippen molar-refractivity contribution in [2.75, 3.05) is 0 Å². The molecule has 0 aromatic heterocycles. The number of hydrogen-bond donors (Lipinski definition) is 1. The molecule has 7 heavy (non-hydrogen) atoms. The molecule has 4 heteroatoms. The Kier molecular flexibility index (Phi) is 85.9. The molecule has 0 aliphatic heterocycles. The van der Waals surface area contributed by atoms with Crippen molar-refractivity contribution in [1.82, 2.24) is 0 Å². The summed E-state index contributed by atoms with van der Waals surface area (Å²) in [5.74, 6) is 1.25. The van der Waals surface area contributed by atoms with E-state index in [1.54, 1.807) is 0 Å². The molecule has 0 unspecified atom stereocenters. The average Bonchev–Trinajstić information content (AvgIpc) is 1.39. The summed E-state index contributed by atoms with van der Waals surface area (Å²) in [5.41, 5.74) is 0. The number of rotatable bonds is 0. The van der Waals surface area contributed by atoms with Crippen molar-refractivity contribution in [3.05, 3.63) is 6.58 Å². The Hall–Kier alpha value is -0.0388. The molecule has 0 atom stereocenters. The topological polar surface area (TPSA) is 37.3 Å². The van der Waals surface area contributed by atoms with Crippen LogP contribution in [-0.4, -0.2) is 19.9 Å². The van der Waals surface area contributed by atoms with E-state index in [4.69, 9.17) is 9.59 Å². The molecule has 36 valence electrons. The molecule has 0 bridgehead atoms. The third kappa shape index (κ3) is 62000. The van der Waals surface area contributed by atoms with Gasteiger partial charge in [0.1, 0.15) is 5.94 Å². The number of carbonyl (C=O) groups excluding carboxylic acids is 1. The van der Waals surface area contributed by atoms with Crippen LogP contribution in [0.1, 0.15) is 0 Å². The summed E-state index contributed by atoms with van der Waals surface area (Å²) in [6, 6.07) is 4.43. The van der Waals surface area contributed by atoms with Crippen molar-refractivity contribution in [2.24, 2.45) is 0 Å². The fourth-order valence-electron chi connectivity index (χ4n) is 0. The van der Waals surface area contributed by atoms with Gasteiger partial charge in [-0.05, 0) is 6.58 Å². The van der Waals surface area contributed by atoms with Gasteiger partial charge in [-0.1, -0.05) is 0 Å². The van der Waals surface area contributed by atoms with Gasteiger partial charge in [-0.25, -0.2) is 4.79 Å². The SMILES string of the molecule is C#[Si]O.C=C=O.[Ti].